The normalized spacial score (nSPS) is 15.2. The highest BCUT2D eigenvalue weighted by molar-refractivity contribution is 5.75. The SMILES string of the molecule is CC1(C)Cc2cc(OCCO)ccc2-c2ncnc(N)c21. The van der Waals surface area contributed by atoms with Crippen LogP contribution in [-0.2, 0) is 11.8 Å². The Hall–Kier alpha value is -2.14. The van der Waals surface area contributed by atoms with Crippen molar-refractivity contribution in [1.29, 1.82) is 0 Å². The lowest BCUT2D eigenvalue weighted by Gasteiger charge is -2.33. The molecule has 1 aliphatic carbocycles. The maximum absolute atomic E-state index is 8.85. The Morgan fingerprint density at radius 2 is 2.14 bits per heavy atom. The van der Waals surface area contributed by atoms with Crippen molar-refractivity contribution in [2.45, 2.75) is 25.7 Å². The van der Waals surface area contributed by atoms with Crippen LogP contribution < -0.4 is 10.5 Å². The third-order valence-corrected chi connectivity index (χ3v) is 3.88. The highest BCUT2D eigenvalue weighted by atomic mass is 16.5. The van der Waals surface area contributed by atoms with Crippen LogP contribution in [0.3, 0.4) is 0 Å². The van der Waals surface area contributed by atoms with E-state index in [2.05, 4.69) is 23.8 Å². The summed E-state index contributed by atoms with van der Waals surface area (Å²) in [5, 5.41) is 8.85. The van der Waals surface area contributed by atoms with Crippen molar-refractivity contribution in [3.63, 3.8) is 0 Å². The first-order valence-corrected chi connectivity index (χ1v) is 7.01. The van der Waals surface area contributed by atoms with Gasteiger partial charge in [-0.3, -0.25) is 0 Å². The van der Waals surface area contributed by atoms with Gasteiger partial charge in [0, 0.05) is 11.1 Å². The van der Waals surface area contributed by atoms with Gasteiger partial charge in [-0.1, -0.05) is 13.8 Å². The first-order chi connectivity index (χ1) is 10.0. The summed E-state index contributed by atoms with van der Waals surface area (Å²) in [7, 11) is 0. The van der Waals surface area contributed by atoms with Gasteiger partial charge in [-0.05, 0) is 35.6 Å². The maximum atomic E-state index is 8.85. The van der Waals surface area contributed by atoms with Crippen LogP contribution in [0.2, 0.25) is 0 Å². The van der Waals surface area contributed by atoms with E-state index in [9.17, 15) is 0 Å². The second kappa shape index (κ2) is 5.00. The Morgan fingerprint density at radius 1 is 1.33 bits per heavy atom. The summed E-state index contributed by atoms with van der Waals surface area (Å²) >= 11 is 0. The predicted molar refractivity (Wildman–Crippen MR) is 81.2 cm³/mol. The quantitative estimate of drug-likeness (QED) is 0.900. The molecule has 1 aliphatic rings. The van der Waals surface area contributed by atoms with Gasteiger partial charge in [-0.15, -0.1) is 0 Å². The van der Waals surface area contributed by atoms with Gasteiger partial charge in [0.05, 0.1) is 12.3 Å². The summed E-state index contributed by atoms with van der Waals surface area (Å²) < 4.78 is 5.49. The van der Waals surface area contributed by atoms with Crippen molar-refractivity contribution in [2.24, 2.45) is 0 Å². The monoisotopic (exact) mass is 285 g/mol. The molecular weight excluding hydrogens is 266 g/mol. The molecule has 3 N–H and O–H groups in total. The van der Waals surface area contributed by atoms with Crippen molar-refractivity contribution >= 4 is 5.82 Å². The first-order valence-electron chi connectivity index (χ1n) is 7.01. The predicted octanol–water partition coefficient (Wildman–Crippen LogP) is 1.93. The van der Waals surface area contributed by atoms with Gasteiger partial charge in [0.15, 0.2) is 0 Å². The molecule has 1 aromatic heterocycles. The Morgan fingerprint density at radius 3 is 2.90 bits per heavy atom. The van der Waals surface area contributed by atoms with E-state index >= 15 is 0 Å². The van der Waals surface area contributed by atoms with E-state index in [0.717, 1.165) is 29.0 Å². The maximum Gasteiger partial charge on any atom is 0.131 e. The molecule has 0 fully saturated rings. The van der Waals surface area contributed by atoms with E-state index in [4.69, 9.17) is 15.6 Å². The lowest BCUT2D eigenvalue weighted by molar-refractivity contribution is 0.201. The molecule has 110 valence electrons. The molecule has 2 aromatic rings. The lowest BCUT2D eigenvalue weighted by Crippen LogP contribution is -2.28. The van der Waals surface area contributed by atoms with Crippen LogP contribution >= 0.6 is 0 Å². The van der Waals surface area contributed by atoms with E-state index in [0.29, 0.717) is 12.4 Å². The fourth-order valence-corrected chi connectivity index (χ4v) is 3.04. The fourth-order valence-electron chi connectivity index (χ4n) is 3.04. The van der Waals surface area contributed by atoms with Gasteiger partial charge in [0.2, 0.25) is 0 Å². The average molecular weight is 285 g/mol. The Kier molecular flexibility index (Phi) is 3.29. The zero-order valence-corrected chi connectivity index (χ0v) is 12.3. The van der Waals surface area contributed by atoms with Crippen LogP contribution in [-0.4, -0.2) is 28.3 Å². The summed E-state index contributed by atoms with van der Waals surface area (Å²) in [4.78, 5) is 8.57. The molecule has 0 aliphatic heterocycles. The summed E-state index contributed by atoms with van der Waals surface area (Å²) in [6, 6.07) is 5.92. The number of hydrogen-bond acceptors (Lipinski definition) is 5. The van der Waals surface area contributed by atoms with E-state index in [1.165, 1.54) is 11.9 Å². The number of fused-ring (bicyclic) bond motifs is 3. The van der Waals surface area contributed by atoms with Crippen LogP contribution in [0.5, 0.6) is 5.75 Å². The third-order valence-electron chi connectivity index (χ3n) is 3.88. The average Bonchev–Trinajstić information content (AvgIpc) is 2.44. The molecule has 0 unspecified atom stereocenters. The number of aromatic nitrogens is 2. The molecule has 21 heavy (non-hydrogen) atoms. The van der Waals surface area contributed by atoms with E-state index in [1.807, 2.05) is 18.2 Å². The molecule has 3 rings (SSSR count). The van der Waals surface area contributed by atoms with Gasteiger partial charge in [0.25, 0.3) is 0 Å². The minimum absolute atomic E-state index is 0.00910. The minimum atomic E-state index is -0.122. The van der Waals surface area contributed by atoms with E-state index < -0.39 is 0 Å². The van der Waals surface area contributed by atoms with Gasteiger partial charge in [0.1, 0.15) is 24.5 Å². The standard InChI is InChI=1S/C16H19N3O2/c1-16(2)8-10-7-11(21-6-5-20)3-4-12(10)14-13(16)15(17)19-9-18-14/h3-4,7,9,20H,5-6,8H2,1-2H3,(H2,17,18,19). The summed E-state index contributed by atoms with van der Waals surface area (Å²) in [6.07, 6.45) is 2.36. The molecule has 1 aromatic carbocycles. The molecular formula is C16H19N3O2. The number of ether oxygens (including phenoxy) is 1. The molecule has 0 saturated heterocycles. The number of aliphatic hydroxyl groups is 1. The second-order valence-corrected chi connectivity index (χ2v) is 5.93. The van der Waals surface area contributed by atoms with Crippen molar-refractivity contribution in [3.05, 3.63) is 35.7 Å². The molecule has 5 nitrogen and oxygen atoms in total. The molecule has 0 saturated carbocycles. The molecule has 5 heteroatoms. The van der Waals surface area contributed by atoms with Crippen molar-refractivity contribution in [2.75, 3.05) is 18.9 Å². The number of nitrogens with two attached hydrogens (primary N) is 1. The highest BCUT2D eigenvalue weighted by Crippen LogP contribution is 2.44. The van der Waals surface area contributed by atoms with Crippen LogP contribution in [0.15, 0.2) is 24.5 Å². The Bertz CT molecular complexity index is 683. The zero-order valence-electron chi connectivity index (χ0n) is 12.3. The number of hydrogen-bond donors (Lipinski definition) is 2. The van der Waals surface area contributed by atoms with Crippen LogP contribution in [0.25, 0.3) is 11.3 Å². The van der Waals surface area contributed by atoms with Gasteiger partial charge in [-0.2, -0.15) is 0 Å². The molecule has 0 radical (unpaired) electrons. The smallest absolute Gasteiger partial charge is 0.131 e. The van der Waals surface area contributed by atoms with E-state index in [-0.39, 0.29) is 12.0 Å². The summed E-state index contributed by atoms with van der Waals surface area (Å²) in [5.74, 6) is 1.32. The topological polar surface area (TPSA) is 81.3 Å². The van der Waals surface area contributed by atoms with Crippen molar-refractivity contribution in [1.82, 2.24) is 9.97 Å². The zero-order chi connectivity index (χ0) is 15.0. The van der Waals surface area contributed by atoms with Crippen molar-refractivity contribution < 1.29 is 9.84 Å². The molecule has 1 heterocycles. The number of rotatable bonds is 3. The lowest BCUT2D eigenvalue weighted by atomic mass is 9.72. The molecule has 0 bridgehead atoms. The molecule has 0 spiro atoms. The third kappa shape index (κ3) is 2.34. The van der Waals surface area contributed by atoms with Crippen LogP contribution in [0.1, 0.15) is 25.0 Å². The number of aliphatic hydroxyl groups excluding tert-OH is 1. The number of anilines is 1. The highest BCUT2D eigenvalue weighted by Gasteiger charge is 2.34. The number of nitrogens with zero attached hydrogens (tertiary/aromatic N) is 2. The second-order valence-electron chi connectivity index (χ2n) is 5.93. The molecule has 0 amide bonds. The minimum Gasteiger partial charge on any atom is -0.491 e. The van der Waals surface area contributed by atoms with Crippen LogP contribution in [0, 0.1) is 0 Å². The number of nitrogen functional groups attached to an aromatic ring is 1. The Labute approximate surface area is 123 Å². The van der Waals surface area contributed by atoms with Crippen LogP contribution in [0.4, 0.5) is 5.82 Å². The van der Waals surface area contributed by atoms with Crippen molar-refractivity contribution in [3.8, 4) is 17.0 Å². The Balaban J connectivity index is 2.12. The summed E-state index contributed by atoms with van der Waals surface area (Å²) in [5.41, 5.74) is 10.1. The van der Waals surface area contributed by atoms with E-state index in [1.54, 1.807) is 0 Å². The van der Waals surface area contributed by atoms with Gasteiger partial charge < -0.3 is 15.6 Å². The fraction of sp³-hybridized carbons (Fsp3) is 0.375. The first kappa shape index (κ1) is 13.8. The molecule has 0 atom stereocenters. The van der Waals surface area contributed by atoms with Gasteiger partial charge >= 0.3 is 0 Å². The number of benzene rings is 1. The summed E-state index contributed by atoms with van der Waals surface area (Å²) in [6.45, 7) is 4.61. The largest absolute Gasteiger partial charge is 0.491 e. The van der Waals surface area contributed by atoms with Gasteiger partial charge in [-0.25, -0.2) is 9.97 Å².